The van der Waals surface area contributed by atoms with Crippen LogP contribution in [-0.2, 0) is 0 Å². The Kier molecular flexibility index (Phi) is 5.20. The number of rotatable bonds is 6. The van der Waals surface area contributed by atoms with E-state index in [0.29, 0.717) is 33.7 Å². The van der Waals surface area contributed by atoms with E-state index in [1.54, 1.807) is 24.4 Å². The van der Waals surface area contributed by atoms with E-state index in [1.807, 2.05) is 37.3 Å². The fraction of sp³-hybridized carbons (Fsp3) is 0.174. The molecule has 0 bridgehead atoms. The lowest BCUT2D eigenvalue weighted by Crippen LogP contribution is -2.17. The Morgan fingerprint density at radius 2 is 1.97 bits per heavy atom. The van der Waals surface area contributed by atoms with Gasteiger partial charge in [-0.2, -0.15) is 0 Å². The predicted molar refractivity (Wildman–Crippen MR) is 117 cm³/mol. The number of hydrogen-bond acceptors (Lipinski definition) is 5. The molecule has 4 aromatic rings. The molecule has 0 aliphatic carbocycles. The van der Waals surface area contributed by atoms with Crippen molar-refractivity contribution in [1.29, 1.82) is 0 Å². The van der Waals surface area contributed by atoms with Crippen LogP contribution in [0.2, 0.25) is 0 Å². The van der Waals surface area contributed by atoms with Crippen LogP contribution in [0.1, 0.15) is 34.5 Å². The third-order valence-electron chi connectivity index (χ3n) is 5.05. The molecule has 152 valence electrons. The quantitative estimate of drug-likeness (QED) is 0.369. The second kappa shape index (κ2) is 7.96. The first-order chi connectivity index (χ1) is 14.4. The van der Waals surface area contributed by atoms with E-state index in [0.717, 1.165) is 11.1 Å². The van der Waals surface area contributed by atoms with Crippen molar-refractivity contribution >= 4 is 22.5 Å². The van der Waals surface area contributed by atoms with E-state index in [1.165, 1.54) is 6.92 Å². The zero-order valence-electron chi connectivity index (χ0n) is 16.7. The largest absolute Gasteiger partial charge is 0.387 e. The van der Waals surface area contributed by atoms with E-state index in [4.69, 9.17) is 0 Å². The Morgan fingerprint density at radius 3 is 2.70 bits per heavy atom. The van der Waals surface area contributed by atoms with Crippen LogP contribution in [0.15, 0.2) is 59.5 Å². The van der Waals surface area contributed by atoms with Gasteiger partial charge < -0.3 is 20.4 Å². The van der Waals surface area contributed by atoms with E-state index >= 15 is 0 Å². The Bertz CT molecular complexity index is 1270. The van der Waals surface area contributed by atoms with Crippen LogP contribution in [0.4, 0.5) is 5.69 Å². The Hall–Kier alpha value is -3.71. The van der Waals surface area contributed by atoms with E-state index in [2.05, 4.69) is 20.3 Å². The number of aliphatic hydroxyl groups excluding tert-OH is 1. The summed E-state index contributed by atoms with van der Waals surface area (Å²) in [4.78, 5) is 34.8. The zero-order valence-corrected chi connectivity index (χ0v) is 16.7. The molecule has 4 rings (SSSR count). The summed E-state index contributed by atoms with van der Waals surface area (Å²) in [6.07, 6.45) is 0.819. The summed E-state index contributed by atoms with van der Waals surface area (Å²) in [7, 11) is 0. The molecular weight excluding hydrogens is 380 g/mol. The van der Waals surface area contributed by atoms with Gasteiger partial charge in [-0.15, -0.1) is 0 Å². The van der Waals surface area contributed by atoms with Crippen molar-refractivity contribution < 1.29 is 9.90 Å². The fourth-order valence-corrected chi connectivity index (χ4v) is 3.47. The number of Topliss-reactive ketones (excluding diaryl/α,β-unsaturated/α-hetero) is 1. The van der Waals surface area contributed by atoms with Crippen molar-refractivity contribution in [3.63, 3.8) is 0 Å². The Labute approximate surface area is 172 Å². The summed E-state index contributed by atoms with van der Waals surface area (Å²) in [5.41, 5.74) is 4.20. The smallest absolute Gasteiger partial charge is 0.261 e. The van der Waals surface area contributed by atoms with Gasteiger partial charge in [0.2, 0.25) is 0 Å². The number of fused-ring (bicyclic) bond motifs is 1. The first kappa shape index (κ1) is 19.6. The lowest BCUT2D eigenvalue weighted by molar-refractivity contribution is 0.101. The van der Waals surface area contributed by atoms with Gasteiger partial charge in [-0.1, -0.05) is 30.3 Å². The van der Waals surface area contributed by atoms with Gasteiger partial charge in [0, 0.05) is 18.3 Å². The maximum absolute atomic E-state index is 12.6. The van der Waals surface area contributed by atoms with Crippen LogP contribution >= 0.6 is 0 Å². The molecule has 0 spiro atoms. The summed E-state index contributed by atoms with van der Waals surface area (Å²) >= 11 is 0. The maximum Gasteiger partial charge on any atom is 0.261 e. The van der Waals surface area contributed by atoms with Gasteiger partial charge in [-0.05, 0) is 43.2 Å². The third kappa shape index (κ3) is 3.75. The monoisotopic (exact) mass is 402 g/mol. The lowest BCUT2D eigenvalue weighted by Gasteiger charge is -2.14. The molecule has 2 aromatic carbocycles. The highest BCUT2D eigenvalue weighted by molar-refractivity contribution is 5.98. The van der Waals surface area contributed by atoms with E-state index in [9.17, 15) is 14.7 Å². The number of nitrogens with one attached hydrogen (secondary N) is 3. The molecular formula is C23H22N4O3. The highest BCUT2D eigenvalue weighted by atomic mass is 16.3. The fourth-order valence-electron chi connectivity index (χ4n) is 3.47. The minimum atomic E-state index is -0.727. The normalized spacial score (nSPS) is 12.1. The van der Waals surface area contributed by atoms with Crippen molar-refractivity contribution in [2.24, 2.45) is 0 Å². The maximum atomic E-state index is 12.6. The van der Waals surface area contributed by atoms with Crippen LogP contribution in [0.5, 0.6) is 0 Å². The first-order valence-corrected chi connectivity index (χ1v) is 9.64. The second-order valence-corrected chi connectivity index (χ2v) is 7.23. The van der Waals surface area contributed by atoms with Gasteiger partial charge in [0.25, 0.3) is 5.56 Å². The van der Waals surface area contributed by atoms with Crippen molar-refractivity contribution in [3.05, 3.63) is 81.8 Å². The molecule has 0 saturated carbocycles. The van der Waals surface area contributed by atoms with Gasteiger partial charge in [0.15, 0.2) is 5.78 Å². The number of carbonyl (C=O) groups is 1. The first-order valence-electron chi connectivity index (χ1n) is 9.64. The number of aryl methyl sites for hydroxylation is 1. The number of aromatic nitrogens is 3. The summed E-state index contributed by atoms with van der Waals surface area (Å²) < 4.78 is 0. The molecule has 7 nitrogen and oxygen atoms in total. The molecule has 0 aliphatic heterocycles. The third-order valence-corrected chi connectivity index (χ3v) is 5.05. The number of H-pyrrole nitrogens is 2. The molecule has 0 amide bonds. The molecule has 0 unspecified atom stereocenters. The molecule has 0 fully saturated rings. The number of carbonyl (C=O) groups excluding carboxylic acids is 1. The molecule has 2 heterocycles. The topological polar surface area (TPSA) is 111 Å². The van der Waals surface area contributed by atoms with Gasteiger partial charge in [-0.25, -0.2) is 4.98 Å². The number of nitrogens with zero attached hydrogens (tertiary/aromatic N) is 1. The standard InChI is InChI=1S/C23H22N4O3/c1-13-10-16(14(2)28)11-18-21(13)27-22(26-18)20-17(8-9-24-23(20)30)25-12-19(29)15-6-4-3-5-7-15/h3-11,19,29H,12H2,1-2H3,(H,26,27)(H2,24,25,30)/t19-/m1/s1. The number of aliphatic hydroxyl groups is 1. The molecule has 4 N–H and O–H groups in total. The minimum absolute atomic E-state index is 0.0361. The van der Waals surface area contributed by atoms with Crippen molar-refractivity contribution in [2.45, 2.75) is 20.0 Å². The van der Waals surface area contributed by atoms with Crippen LogP contribution in [-0.4, -0.2) is 32.4 Å². The van der Waals surface area contributed by atoms with Crippen LogP contribution < -0.4 is 10.9 Å². The number of pyridine rings is 1. The number of anilines is 1. The van der Waals surface area contributed by atoms with Crippen LogP contribution in [0.25, 0.3) is 22.4 Å². The number of imidazole rings is 1. The minimum Gasteiger partial charge on any atom is -0.387 e. The van der Waals surface area contributed by atoms with Crippen molar-refractivity contribution in [2.75, 3.05) is 11.9 Å². The van der Waals surface area contributed by atoms with Crippen molar-refractivity contribution in [3.8, 4) is 11.4 Å². The van der Waals surface area contributed by atoms with Gasteiger partial charge >= 0.3 is 0 Å². The number of aromatic amines is 2. The summed E-state index contributed by atoms with van der Waals surface area (Å²) in [5, 5.41) is 13.6. The zero-order chi connectivity index (χ0) is 21.3. The van der Waals surface area contributed by atoms with Gasteiger partial charge in [0.1, 0.15) is 11.4 Å². The summed E-state index contributed by atoms with van der Waals surface area (Å²) in [6.45, 7) is 3.62. The SMILES string of the molecule is CC(=O)c1cc(C)c2nc(-c3c(NC[C@@H](O)c4ccccc4)cc[nH]c3=O)[nH]c2c1. The van der Waals surface area contributed by atoms with E-state index in [-0.39, 0.29) is 17.9 Å². The molecule has 7 heteroatoms. The summed E-state index contributed by atoms with van der Waals surface area (Å²) in [5.74, 6) is 0.360. The number of ketones is 1. The lowest BCUT2D eigenvalue weighted by atomic mass is 10.1. The van der Waals surface area contributed by atoms with E-state index < -0.39 is 6.10 Å². The molecule has 0 saturated heterocycles. The molecule has 30 heavy (non-hydrogen) atoms. The summed E-state index contributed by atoms with van der Waals surface area (Å²) in [6, 6.07) is 14.6. The van der Waals surface area contributed by atoms with Crippen LogP contribution in [0.3, 0.4) is 0 Å². The average Bonchev–Trinajstić information content (AvgIpc) is 3.17. The Morgan fingerprint density at radius 1 is 1.20 bits per heavy atom. The van der Waals surface area contributed by atoms with Crippen LogP contribution in [0, 0.1) is 6.92 Å². The molecule has 0 aliphatic rings. The molecule has 2 aromatic heterocycles. The Balaban J connectivity index is 1.70. The second-order valence-electron chi connectivity index (χ2n) is 7.23. The molecule has 1 atom stereocenters. The predicted octanol–water partition coefficient (Wildman–Crippen LogP) is 3.57. The highest BCUT2D eigenvalue weighted by Gasteiger charge is 2.17. The van der Waals surface area contributed by atoms with Crippen molar-refractivity contribution in [1.82, 2.24) is 15.0 Å². The number of hydrogen-bond donors (Lipinski definition) is 4. The average molecular weight is 402 g/mol. The molecule has 0 radical (unpaired) electrons. The van der Waals surface area contributed by atoms with Gasteiger partial charge in [0.05, 0.1) is 22.8 Å². The number of benzene rings is 2. The highest BCUT2D eigenvalue weighted by Crippen LogP contribution is 2.27. The van der Waals surface area contributed by atoms with Gasteiger partial charge in [-0.3, -0.25) is 9.59 Å².